The number of primary amides is 1. The van der Waals surface area contributed by atoms with Gasteiger partial charge in [0.1, 0.15) is 11.6 Å². The topological polar surface area (TPSA) is 80.5 Å². The smallest absolute Gasteiger partial charge is 0.249 e. The lowest BCUT2D eigenvalue weighted by Crippen LogP contribution is -2.36. The number of benzene rings is 1. The maximum Gasteiger partial charge on any atom is 0.249 e. The molecule has 0 bridgehead atoms. The lowest BCUT2D eigenvalue weighted by Gasteiger charge is -2.16. The number of halogens is 2. The zero-order valence-electron chi connectivity index (χ0n) is 8.85. The zero-order chi connectivity index (χ0) is 13.2. The minimum absolute atomic E-state index is 0.483. The van der Waals surface area contributed by atoms with Crippen LogP contribution in [0.2, 0.25) is 0 Å². The van der Waals surface area contributed by atoms with Gasteiger partial charge in [-0.3, -0.25) is 4.79 Å². The van der Waals surface area contributed by atoms with Crippen molar-refractivity contribution in [3.05, 3.63) is 29.8 Å². The van der Waals surface area contributed by atoms with E-state index in [1.165, 1.54) is 0 Å². The predicted octanol–water partition coefficient (Wildman–Crippen LogP) is 0.0706. The molecule has 5 nitrogen and oxygen atoms in total. The highest BCUT2D eigenvalue weighted by Gasteiger charge is 2.28. The Morgan fingerprint density at radius 1 is 1.35 bits per heavy atom. The summed E-state index contributed by atoms with van der Waals surface area (Å²) < 4.78 is 50.5. The number of amides is 1. The molecule has 0 fully saturated rings. The Balaban J connectivity index is 3.27. The molecule has 0 atom stereocenters. The molecule has 0 unspecified atom stereocenters. The number of rotatable bonds is 4. The molecule has 0 aliphatic carbocycles. The molecule has 1 amide bonds. The molecule has 0 aliphatic rings. The van der Waals surface area contributed by atoms with Gasteiger partial charge in [-0.15, -0.1) is 0 Å². The van der Waals surface area contributed by atoms with Crippen molar-refractivity contribution in [2.75, 3.05) is 13.6 Å². The first-order valence-electron chi connectivity index (χ1n) is 4.45. The van der Waals surface area contributed by atoms with Crippen LogP contribution in [-0.4, -0.2) is 32.2 Å². The number of nitrogens with zero attached hydrogens (tertiary/aromatic N) is 1. The Bertz CT molecular complexity index is 525. The molecule has 0 saturated heterocycles. The quantitative estimate of drug-likeness (QED) is 0.835. The molecule has 0 aliphatic heterocycles. The Hall–Kier alpha value is -1.54. The minimum Gasteiger partial charge on any atom is -0.369 e. The van der Waals surface area contributed by atoms with Crippen LogP contribution in [0.1, 0.15) is 0 Å². The predicted molar refractivity (Wildman–Crippen MR) is 55.4 cm³/mol. The van der Waals surface area contributed by atoms with E-state index < -0.39 is 39.0 Å². The van der Waals surface area contributed by atoms with E-state index in [4.69, 9.17) is 5.73 Å². The van der Waals surface area contributed by atoms with Crippen molar-refractivity contribution in [2.45, 2.75) is 4.90 Å². The second-order valence-electron chi connectivity index (χ2n) is 3.28. The van der Waals surface area contributed by atoms with Crippen molar-refractivity contribution in [3.63, 3.8) is 0 Å². The molecule has 0 radical (unpaired) electrons. The van der Waals surface area contributed by atoms with Gasteiger partial charge in [-0.05, 0) is 12.1 Å². The van der Waals surface area contributed by atoms with Gasteiger partial charge in [0.15, 0.2) is 4.90 Å². The molecule has 0 spiro atoms. The zero-order valence-corrected chi connectivity index (χ0v) is 9.67. The van der Waals surface area contributed by atoms with Gasteiger partial charge in [0.25, 0.3) is 0 Å². The monoisotopic (exact) mass is 264 g/mol. The van der Waals surface area contributed by atoms with Gasteiger partial charge in [-0.1, -0.05) is 6.07 Å². The SMILES string of the molecule is CN(CC(N)=O)S(=O)(=O)c1c(F)cccc1F. The third-order valence-corrected chi connectivity index (χ3v) is 3.82. The van der Waals surface area contributed by atoms with Crippen LogP contribution in [0.25, 0.3) is 0 Å². The fraction of sp³-hybridized carbons (Fsp3) is 0.222. The molecule has 1 aromatic carbocycles. The van der Waals surface area contributed by atoms with Gasteiger partial charge in [0.2, 0.25) is 15.9 Å². The molecule has 1 aromatic rings. The van der Waals surface area contributed by atoms with Gasteiger partial charge in [-0.2, -0.15) is 4.31 Å². The average Bonchev–Trinajstić information content (AvgIpc) is 2.15. The summed E-state index contributed by atoms with van der Waals surface area (Å²) in [4.78, 5) is 9.49. The second-order valence-corrected chi connectivity index (χ2v) is 5.26. The molecule has 2 N–H and O–H groups in total. The molecular formula is C9H10F2N2O3S. The maximum atomic E-state index is 13.3. The highest BCUT2D eigenvalue weighted by atomic mass is 32.2. The molecule has 94 valence electrons. The first kappa shape index (κ1) is 13.5. The van der Waals surface area contributed by atoms with Crippen LogP contribution in [0.5, 0.6) is 0 Å². The van der Waals surface area contributed by atoms with Crippen molar-refractivity contribution >= 4 is 15.9 Å². The third kappa shape index (κ3) is 2.77. The summed E-state index contributed by atoms with van der Waals surface area (Å²) in [6, 6.07) is 2.67. The standard InChI is InChI=1S/C9H10F2N2O3S/c1-13(5-8(12)14)17(15,16)9-6(10)3-2-4-7(9)11/h2-4H,5H2,1H3,(H2,12,14). The number of sulfonamides is 1. The minimum atomic E-state index is -4.41. The molecule has 1 rings (SSSR count). The van der Waals surface area contributed by atoms with Crippen molar-refractivity contribution in [3.8, 4) is 0 Å². The Morgan fingerprint density at radius 2 is 1.82 bits per heavy atom. The Kier molecular flexibility index (Phi) is 3.79. The van der Waals surface area contributed by atoms with Crippen molar-refractivity contribution in [2.24, 2.45) is 5.73 Å². The summed E-state index contributed by atoms with van der Waals surface area (Å²) in [7, 11) is -3.41. The number of likely N-dealkylation sites (N-methyl/N-ethyl adjacent to an activating group) is 1. The summed E-state index contributed by atoms with van der Waals surface area (Å²) in [6.07, 6.45) is 0. The van der Waals surface area contributed by atoms with Crippen LogP contribution < -0.4 is 5.73 Å². The summed E-state index contributed by atoms with van der Waals surface area (Å²) in [5.41, 5.74) is 4.81. The van der Waals surface area contributed by atoms with Crippen molar-refractivity contribution < 1.29 is 22.0 Å². The normalized spacial score (nSPS) is 11.8. The number of carbonyl (C=O) groups excluding carboxylic acids is 1. The molecule has 17 heavy (non-hydrogen) atoms. The van der Waals surface area contributed by atoms with Gasteiger partial charge < -0.3 is 5.73 Å². The van der Waals surface area contributed by atoms with Crippen LogP contribution >= 0.6 is 0 Å². The Labute approximate surface area is 96.9 Å². The number of carbonyl (C=O) groups is 1. The first-order valence-corrected chi connectivity index (χ1v) is 5.89. The van der Waals surface area contributed by atoms with Gasteiger partial charge >= 0.3 is 0 Å². The van der Waals surface area contributed by atoms with E-state index in [1.54, 1.807) is 0 Å². The van der Waals surface area contributed by atoms with E-state index in [-0.39, 0.29) is 0 Å². The van der Waals surface area contributed by atoms with Crippen LogP contribution in [0, 0.1) is 11.6 Å². The highest BCUT2D eigenvalue weighted by Crippen LogP contribution is 2.21. The third-order valence-electron chi connectivity index (χ3n) is 1.97. The van der Waals surface area contributed by atoms with Crippen molar-refractivity contribution in [1.29, 1.82) is 0 Å². The molecular weight excluding hydrogens is 254 g/mol. The van der Waals surface area contributed by atoms with E-state index in [0.29, 0.717) is 4.31 Å². The lowest BCUT2D eigenvalue weighted by molar-refractivity contribution is -0.118. The fourth-order valence-electron chi connectivity index (χ4n) is 1.19. The van der Waals surface area contributed by atoms with Gasteiger partial charge in [0, 0.05) is 7.05 Å². The van der Waals surface area contributed by atoms with Crippen LogP contribution in [-0.2, 0) is 14.8 Å². The van der Waals surface area contributed by atoms with Crippen LogP contribution in [0.4, 0.5) is 8.78 Å². The molecule has 0 heterocycles. The number of hydrogen-bond acceptors (Lipinski definition) is 3. The summed E-state index contributed by atoms with van der Waals surface area (Å²) in [5.74, 6) is -3.37. The number of nitrogens with two attached hydrogens (primary N) is 1. The van der Waals surface area contributed by atoms with Crippen LogP contribution in [0.15, 0.2) is 23.1 Å². The summed E-state index contributed by atoms with van der Waals surface area (Å²) in [5, 5.41) is 0. The van der Waals surface area contributed by atoms with E-state index in [0.717, 1.165) is 25.2 Å². The van der Waals surface area contributed by atoms with E-state index in [9.17, 15) is 22.0 Å². The van der Waals surface area contributed by atoms with E-state index in [2.05, 4.69) is 0 Å². The first-order chi connectivity index (χ1) is 7.76. The maximum absolute atomic E-state index is 13.3. The average molecular weight is 264 g/mol. The molecule has 8 heteroatoms. The van der Waals surface area contributed by atoms with E-state index in [1.807, 2.05) is 0 Å². The largest absolute Gasteiger partial charge is 0.369 e. The summed E-state index contributed by atoms with van der Waals surface area (Å²) >= 11 is 0. The van der Waals surface area contributed by atoms with E-state index >= 15 is 0 Å². The number of hydrogen-bond donors (Lipinski definition) is 1. The Morgan fingerprint density at radius 3 is 2.24 bits per heavy atom. The molecule has 0 aromatic heterocycles. The van der Waals surface area contributed by atoms with Gasteiger partial charge in [0.05, 0.1) is 6.54 Å². The summed E-state index contributed by atoms with van der Waals surface area (Å²) in [6.45, 7) is -0.657. The van der Waals surface area contributed by atoms with Gasteiger partial charge in [-0.25, -0.2) is 17.2 Å². The highest BCUT2D eigenvalue weighted by molar-refractivity contribution is 7.89. The second kappa shape index (κ2) is 4.76. The van der Waals surface area contributed by atoms with Crippen LogP contribution in [0.3, 0.4) is 0 Å². The molecule has 0 saturated carbocycles. The van der Waals surface area contributed by atoms with Crippen molar-refractivity contribution in [1.82, 2.24) is 4.31 Å². The lowest BCUT2D eigenvalue weighted by atomic mass is 10.3. The fourth-order valence-corrected chi connectivity index (χ4v) is 2.43.